The van der Waals surface area contributed by atoms with Gasteiger partial charge in [0.05, 0.1) is 32.0 Å². The van der Waals surface area contributed by atoms with Gasteiger partial charge in [-0.1, -0.05) is 147 Å². The number of allylic oxidation sites excluding steroid dienone is 3. The molecular weight excluding hydrogens is 762 g/mol. The van der Waals surface area contributed by atoms with E-state index in [0.29, 0.717) is 12.8 Å². The summed E-state index contributed by atoms with van der Waals surface area (Å²) in [7, 11) is 0. The third-order valence-corrected chi connectivity index (χ3v) is 11.4. The molecule has 2 aliphatic heterocycles. The Balaban J connectivity index is 1.92. The van der Waals surface area contributed by atoms with Gasteiger partial charge in [-0.3, -0.25) is 4.79 Å². The molecule has 14 heteroatoms. The summed E-state index contributed by atoms with van der Waals surface area (Å²) in [5.74, 6) is -0.253. The predicted octanol–water partition coefficient (Wildman–Crippen LogP) is 4.60. The van der Waals surface area contributed by atoms with Crippen LogP contribution in [0.15, 0.2) is 24.3 Å². The summed E-state index contributed by atoms with van der Waals surface area (Å²) in [6.07, 6.45) is 16.6. The van der Waals surface area contributed by atoms with Gasteiger partial charge in [-0.15, -0.1) is 0 Å². The molecule has 0 spiro atoms. The van der Waals surface area contributed by atoms with Gasteiger partial charge in [-0.05, 0) is 32.1 Å². The first-order chi connectivity index (χ1) is 28.6. The minimum absolute atomic E-state index is 0.253. The zero-order chi connectivity index (χ0) is 43.3. The van der Waals surface area contributed by atoms with Crippen molar-refractivity contribution in [3.63, 3.8) is 0 Å². The fraction of sp³-hybridized carbons (Fsp3) is 0.889. The SMILES string of the molecule is CCCCCCCCCC/C=C/CC/C=C/C(O)C(COC1OC(CO)C(OC2OC(CO)C(O)C(O)C2O)C(O)C1O)NC(=O)CCCCCCCCCCCCC. The number of aliphatic hydroxyl groups excluding tert-OH is 8. The molecule has 12 unspecified atom stereocenters. The molecule has 12 atom stereocenters. The van der Waals surface area contributed by atoms with Crippen molar-refractivity contribution in [1.82, 2.24) is 5.32 Å². The molecule has 2 fully saturated rings. The largest absolute Gasteiger partial charge is 0.394 e. The topological polar surface area (TPSA) is 228 Å². The molecule has 0 aromatic heterocycles. The van der Waals surface area contributed by atoms with E-state index in [9.17, 15) is 45.6 Å². The molecule has 0 aliphatic carbocycles. The third-order valence-electron chi connectivity index (χ3n) is 11.4. The highest BCUT2D eigenvalue weighted by molar-refractivity contribution is 5.76. The second kappa shape index (κ2) is 33.1. The van der Waals surface area contributed by atoms with E-state index in [1.807, 2.05) is 6.08 Å². The molecular formula is C45H83NO13. The maximum absolute atomic E-state index is 13.1. The highest BCUT2D eigenvalue weighted by Crippen LogP contribution is 2.30. The smallest absolute Gasteiger partial charge is 0.220 e. The number of carbonyl (C=O) groups is 1. The minimum Gasteiger partial charge on any atom is -0.394 e. The van der Waals surface area contributed by atoms with Crippen LogP contribution < -0.4 is 5.32 Å². The second-order valence-corrected chi connectivity index (χ2v) is 16.5. The first kappa shape index (κ1) is 53.6. The summed E-state index contributed by atoms with van der Waals surface area (Å²) < 4.78 is 22.6. The monoisotopic (exact) mass is 846 g/mol. The van der Waals surface area contributed by atoms with Crippen LogP contribution in [-0.2, 0) is 23.7 Å². The maximum Gasteiger partial charge on any atom is 0.220 e. The molecule has 2 saturated heterocycles. The highest BCUT2D eigenvalue weighted by atomic mass is 16.7. The van der Waals surface area contributed by atoms with Gasteiger partial charge in [-0.25, -0.2) is 0 Å². The van der Waals surface area contributed by atoms with Crippen molar-refractivity contribution in [3.05, 3.63) is 24.3 Å². The molecule has 0 radical (unpaired) electrons. The zero-order valence-corrected chi connectivity index (χ0v) is 36.2. The molecule has 0 aromatic rings. The molecule has 0 aromatic carbocycles. The maximum atomic E-state index is 13.1. The van der Waals surface area contributed by atoms with Crippen LogP contribution in [-0.4, -0.2) is 140 Å². The average Bonchev–Trinajstić information content (AvgIpc) is 3.23. The van der Waals surface area contributed by atoms with Crippen LogP contribution in [0.5, 0.6) is 0 Å². The van der Waals surface area contributed by atoms with E-state index >= 15 is 0 Å². The molecule has 346 valence electrons. The van der Waals surface area contributed by atoms with Gasteiger partial charge in [0, 0.05) is 6.42 Å². The Labute approximate surface area is 354 Å². The lowest BCUT2D eigenvalue weighted by Gasteiger charge is -2.46. The van der Waals surface area contributed by atoms with Crippen LogP contribution in [0.2, 0.25) is 0 Å². The first-order valence-corrected chi connectivity index (χ1v) is 23.1. The highest BCUT2D eigenvalue weighted by Gasteiger charge is 2.50. The molecule has 14 nitrogen and oxygen atoms in total. The van der Waals surface area contributed by atoms with E-state index < -0.39 is 86.8 Å². The summed E-state index contributed by atoms with van der Waals surface area (Å²) in [5.41, 5.74) is 0. The van der Waals surface area contributed by atoms with Crippen molar-refractivity contribution in [2.24, 2.45) is 0 Å². The molecule has 2 rings (SSSR count). The van der Waals surface area contributed by atoms with Crippen molar-refractivity contribution in [1.29, 1.82) is 0 Å². The Morgan fingerprint density at radius 2 is 1.08 bits per heavy atom. The number of hydrogen-bond acceptors (Lipinski definition) is 13. The van der Waals surface area contributed by atoms with Gasteiger partial charge in [0.15, 0.2) is 12.6 Å². The number of ether oxygens (including phenoxy) is 4. The lowest BCUT2D eigenvalue weighted by molar-refractivity contribution is -0.359. The van der Waals surface area contributed by atoms with E-state index in [1.54, 1.807) is 6.08 Å². The van der Waals surface area contributed by atoms with E-state index in [0.717, 1.165) is 32.1 Å². The molecule has 2 aliphatic rings. The molecule has 2 heterocycles. The number of rotatable bonds is 34. The van der Waals surface area contributed by atoms with Gasteiger partial charge in [0.1, 0.15) is 48.8 Å². The van der Waals surface area contributed by atoms with Crippen LogP contribution in [0.4, 0.5) is 0 Å². The standard InChI is InChI=1S/C45H83NO13/c1-3-5-7-9-11-13-15-16-17-19-20-22-24-26-28-34(49)33(46-37(50)29-27-25-23-21-18-14-12-10-8-6-4-2)32-56-44-42(55)40(53)43(36(31-48)58-44)59-45-41(54)39(52)38(51)35(30-47)57-45/h19-20,26,28,33-36,38-45,47-49,51-55H,3-18,21-25,27,29-32H2,1-2H3,(H,46,50)/b20-19+,28-26+. The molecule has 9 N–H and O–H groups in total. The number of amides is 1. The lowest BCUT2D eigenvalue weighted by Crippen LogP contribution is -2.65. The van der Waals surface area contributed by atoms with Gasteiger partial charge < -0.3 is 65.1 Å². The summed E-state index contributed by atoms with van der Waals surface area (Å²) in [5, 5.41) is 86.4. The zero-order valence-electron chi connectivity index (χ0n) is 36.2. The van der Waals surface area contributed by atoms with Crippen LogP contribution in [0.25, 0.3) is 0 Å². The van der Waals surface area contributed by atoms with Crippen LogP contribution >= 0.6 is 0 Å². The van der Waals surface area contributed by atoms with Crippen molar-refractivity contribution in [2.75, 3.05) is 19.8 Å². The molecule has 0 saturated carbocycles. The van der Waals surface area contributed by atoms with E-state index in [1.165, 1.54) is 96.3 Å². The summed E-state index contributed by atoms with van der Waals surface area (Å²) in [6.45, 7) is 2.72. The Morgan fingerprint density at radius 1 is 0.593 bits per heavy atom. The van der Waals surface area contributed by atoms with E-state index in [-0.39, 0.29) is 18.9 Å². The first-order valence-electron chi connectivity index (χ1n) is 23.1. The van der Waals surface area contributed by atoms with Gasteiger partial charge in [0.25, 0.3) is 0 Å². The Bertz CT molecular complexity index is 1090. The fourth-order valence-electron chi connectivity index (χ4n) is 7.54. The molecule has 0 bridgehead atoms. The molecule has 1 amide bonds. The number of nitrogens with one attached hydrogen (secondary N) is 1. The second-order valence-electron chi connectivity index (χ2n) is 16.5. The van der Waals surface area contributed by atoms with Crippen molar-refractivity contribution >= 4 is 5.91 Å². The number of unbranched alkanes of at least 4 members (excludes halogenated alkanes) is 19. The Morgan fingerprint density at radius 3 is 1.66 bits per heavy atom. The number of hydrogen-bond donors (Lipinski definition) is 9. The van der Waals surface area contributed by atoms with E-state index in [2.05, 4.69) is 31.3 Å². The minimum atomic E-state index is -1.79. The fourth-order valence-corrected chi connectivity index (χ4v) is 7.54. The van der Waals surface area contributed by atoms with Crippen molar-refractivity contribution < 1.29 is 64.6 Å². The van der Waals surface area contributed by atoms with Crippen LogP contribution in [0.3, 0.4) is 0 Å². The Kier molecular flexibility index (Phi) is 30.1. The Hall–Kier alpha value is -1.53. The van der Waals surface area contributed by atoms with E-state index in [4.69, 9.17) is 18.9 Å². The summed E-state index contributed by atoms with van der Waals surface area (Å²) in [4.78, 5) is 13.1. The van der Waals surface area contributed by atoms with Gasteiger partial charge in [0.2, 0.25) is 5.91 Å². The van der Waals surface area contributed by atoms with Crippen LogP contribution in [0.1, 0.15) is 162 Å². The van der Waals surface area contributed by atoms with Gasteiger partial charge >= 0.3 is 0 Å². The van der Waals surface area contributed by atoms with Gasteiger partial charge in [-0.2, -0.15) is 0 Å². The van der Waals surface area contributed by atoms with Crippen molar-refractivity contribution in [3.8, 4) is 0 Å². The lowest BCUT2D eigenvalue weighted by atomic mass is 9.97. The quantitative estimate of drug-likeness (QED) is 0.0319. The summed E-state index contributed by atoms with van der Waals surface area (Å²) >= 11 is 0. The van der Waals surface area contributed by atoms with Crippen molar-refractivity contribution in [2.45, 2.75) is 235 Å². The summed E-state index contributed by atoms with van der Waals surface area (Å²) in [6, 6.07) is -0.924. The number of carbonyl (C=O) groups excluding carboxylic acids is 1. The normalized spacial score (nSPS) is 28.7. The molecule has 59 heavy (non-hydrogen) atoms. The van der Waals surface area contributed by atoms with Crippen LogP contribution in [0, 0.1) is 0 Å². The third kappa shape index (κ3) is 21.4. The predicted molar refractivity (Wildman–Crippen MR) is 226 cm³/mol. The number of aliphatic hydroxyl groups is 8. The average molecular weight is 846 g/mol.